The quantitative estimate of drug-likeness (QED) is 0.705. The summed E-state index contributed by atoms with van der Waals surface area (Å²) in [5.74, 6) is 1.24. The molecule has 0 aliphatic heterocycles. The Balaban J connectivity index is 2.10. The highest BCUT2D eigenvalue weighted by molar-refractivity contribution is 5.35. The largest absolute Gasteiger partial charge is 0.382 e. The third-order valence-corrected chi connectivity index (χ3v) is 2.80. The van der Waals surface area contributed by atoms with Gasteiger partial charge in [0.25, 0.3) is 0 Å². The van der Waals surface area contributed by atoms with E-state index in [2.05, 4.69) is 41.1 Å². The topological polar surface area (TPSA) is 67.1 Å². The van der Waals surface area contributed by atoms with Gasteiger partial charge in [-0.3, -0.25) is 0 Å². The molecule has 17 heavy (non-hydrogen) atoms. The smallest absolute Gasteiger partial charge is 0.144 e. The summed E-state index contributed by atoms with van der Waals surface area (Å²) in [5.41, 5.74) is 5.46. The minimum absolute atomic E-state index is 0.453. The van der Waals surface area contributed by atoms with Gasteiger partial charge in [-0.2, -0.15) is 0 Å². The minimum atomic E-state index is 0.453. The van der Waals surface area contributed by atoms with Crippen LogP contribution in [0.3, 0.4) is 0 Å². The first-order valence-electron chi connectivity index (χ1n) is 6.11. The molecule has 1 aromatic heterocycles. The zero-order chi connectivity index (χ0) is 12.7. The summed E-state index contributed by atoms with van der Waals surface area (Å²) in [6.45, 7) is 6.47. The van der Waals surface area contributed by atoms with Crippen LogP contribution in [-0.2, 0) is 0 Å². The summed E-state index contributed by atoms with van der Waals surface area (Å²) in [5, 5.41) is 3.23. The number of nitrogens with zero attached hydrogens (tertiary/aromatic N) is 3. The molecule has 0 amide bonds. The van der Waals surface area contributed by atoms with E-state index in [4.69, 9.17) is 5.73 Å². The van der Waals surface area contributed by atoms with E-state index in [1.165, 1.54) is 6.42 Å². The lowest BCUT2D eigenvalue weighted by molar-refractivity contribution is 0.269. The van der Waals surface area contributed by atoms with E-state index in [1.54, 1.807) is 12.4 Å². The van der Waals surface area contributed by atoms with Gasteiger partial charge in [0.1, 0.15) is 11.6 Å². The molecule has 5 nitrogen and oxygen atoms in total. The Hall–Kier alpha value is -1.36. The SMILES string of the molecule is CC(C)N(C)CCCCNc1cnc(N)cn1. The normalized spacial score (nSPS) is 11.1. The molecule has 5 heteroatoms. The molecule has 0 spiro atoms. The molecule has 0 aromatic carbocycles. The molecule has 0 saturated carbocycles. The molecule has 0 bridgehead atoms. The number of aromatic nitrogens is 2. The Bertz CT molecular complexity index is 309. The van der Waals surface area contributed by atoms with Gasteiger partial charge in [0.15, 0.2) is 0 Å². The van der Waals surface area contributed by atoms with E-state index in [0.29, 0.717) is 11.9 Å². The van der Waals surface area contributed by atoms with Gasteiger partial charge in [-0.25, -0.2) is 9.97 Å². The fourth-order valence-corrected chi connectivity index (χ4v) is 1.39. The van der Waals surface area contributed by atoms with Crippen molar-refractivity contribution in [3.63, 3.8) is 0 Å². The molecule has 0 fully saturated rings. The van der Waals surface area contributed by atoms with Gasteiger partial charge in [0.05, 0.1) is 12.4 Å². The van der Waals surface area contributed by atoms with Crippen LogP contribution in [0.5, 0.6) is 0 Å². The third-order valence-electron chi connectivity index (χ3n) is 2.80. The van der Waals surface area contributed by atoms with Crippen LogP contribution in [0.1, 0.15) is 26.7 Å². The molecule has 0 saturated heterocycles. The number of nitrogens with two attached hydrogens (primary N) is 1. The number of hydrogen-bond acceptors (Lipinski definition) is 5. The van der Waals surface area contributed by atoms with Crippen molar-refractivity contribution in [2.45, 2.75) is 32.7 Å². The van der Waals surface area contributed by atoms with E-state index >= 15 is 0 Å². The van der Waals surface area contributed by atoms with Crippen LogP contribution in [0.25, 0.3) is 0 Å². The van der Waals surface area contributed by atoms with Crippen LogP contribution < -0.4 is 11.1 Å². The second-order valence-corrected chi connectivity index (χ2v) is 4.53. The fourth-order valence-electron chi connectivity index (χ4n) is 1.39. The second-order valence-electron chi connectivity index (χ2n) is 4.53. The van der Waals surface area contributed by atoms with Crippen molar-refractivity contribution in [2.24, 2.45) is 0 Å². The zero-order valence-corrected chi connectivity index (χ0v) is 11.0. The van der Waals surface area contributed by atoms with Crippen LogP contribution in [0.2, 0.25) is 0 Å². The van der Waals surface area contributed by atoms with E-state index in [0.717, 1.165) is 25.3 Å². The van der Waals surface area contributed by atoms with Crippen molar-refractivity contribution in [1.29, 1.82) is 0 Å². The number of rotatable bonds is 7. The predicted molar refractivity (Wildman–Crippen MR) is 71.9 cm³/mol. The summed E-state index contributed by atoms with van der Waals surface area (Å²) in [6.07, 6.45) is 5.54. The van der Waals surface area contributed by atoms with Crippen molar-refractivity contribution in [2.75, 3.05) is 31.2 Å². The van der Waals surface area contributed by atoms with Crippen LogP contribution in [-0.4, -0.2) is 41.0 Å². The van der Waals surface area contributed by atoms with Crippen LogP contribution in [0.15, 0.2) is 12.4 Å². The van der Waals surface area contributed by atoms with Gasteiger partial charge >= 0.3 is 0 Å². The molecular weight excluding hydrogens is 214 g/mol. The van der Waals surface area contributed by atoms with Gasteiger partial charge in [-0.15, -0.1) is 0 Å². The van der Waals surface area contributed by atoms with Crippen LogP contribution in [0, 0.1) is 0 Å². The first kappa shape index (κ1) is 13.7. The molecule has 1 rings (SSSR count). The van der Waals surface area contributed by atoms with Gasteiger partial charge in [0.2, 0.25) is 0 Å². The number of hydrogen-bond donors (Lipinski definition) is 2. The molecule has 1 heterocycles. The maximum Gasteiger partial charge on any atom is 0.144 e. The van der Waals surface area contributed by atoms with Crippen molar-refractivity contribution in [3.05, 3.63) is 12.4 Å². The third kappa shape index (κ3) is 5.49. The highest BCUT2D eigenvalue weighted by Gasteiger charge is 2.01. The second kappa shape index (κ2) is 7.06. The lowest BCUT2D eigenvalue weighted by atomic mass is 10.2. The number of anilines is 2. The molecule has 3 N–H and O–H groups in total. The molecule has 1 aromatic rings. The monoisotopic (exact) mass is 237 g/mol. The Labute approximate surface area is 103 Å². The van der Waals surface area contributed by atoms with Gasteiger partial charge in [-0.1, -0.05) is 0 Å². The van der Waals surface area contributed by atoms with Crippen molar-refractivity contribution < 1.29 is 0 Å². The average Bonchev–Trinajstić information content (AvgIpc) is 2.30. The minimum Gasteiger partial charge on any atom is -0.382 e. The van der Waals surface area contributed by atoms with E-state index in [-0.39, 0.29) is 0 Å². The Morgan fingerprint density at radius 2 is 2.06 bits per heavy atom. The molecule has 0 unspecified atom stereocenters. The Morgan fingerprint density at radius 3 is 2.65 bits per heavy atom. The molecule has 0 atom stereocenters. The maximum absolute atomic E-state index is 5.46. The van der Waals surface area contributed by atoms with E-state index in [1.807, 2.05) is 0 Å². The molecule has 0 aliphatic carbocycles. The Kier molecular flexibility index (Phi) is 5.69. The molecule has 96 valence electrons. The van der Waals surface area contributed by atoms with Crippen molar-refractivity contribution in [1.82, 2.24) is 14.9 Å². The molecule has 0 radical (unpaired) electrons. The number of unbranched alkanes of at least 4 members (excludes halogenated alkanes) is 1. The summed E-state index contributed by atoms with van der Waals surface area (Å²) in [4.78, 5) is 10.5. The number of nitrogen functional groups attached to an aromatic ring is 1. The van der Waals surface area contributed by atoms with Gasteiger partial charge in [0, 0.05) is 12.6 Å². The lowest BCUT2D eigenvalue weighted by Gasteiger charge is -2.20. The molecule has 0 aliphatic rings. The zero-order valence-electron chi connectivity index (χ0n) is 11.0. The van der Waals surface area contributed by atoms with Crippen LogP contribution in [0.4, 0.5) is 11.6 Å². The summed E-state index contributed by atoms with van der Waals surface area (Å²) in [7, 11) is 2.16. The average molecular weight is 237 g/mol. The lowest BCUT2D eigenvalue weighted by Crippen LogP contribution is -2.27. The first-order chi connectivity index (χ1) is 8.09. The highest BCUT2D eigenvalue weighted by Crippen LogP contribution is 2.03. The Morgan fingerprint density at radius 1 is 1.29 bits per heavy atom. The van der Waals surface area contributed by atoms with Gasteiger partial charge in [-0.05, 0) is 40.3 Å². The summed E-state index contributed by atoms with van der Waals surface area (Å²) < 4.78 is 0. The number of nitrogens with one attached hydrogen (secondary N) is 1. The fraction of sp³-hybridized carbons (Fsp3) is 0.667. The summed E-state index contributed by atoms with van der Waals surface area (Å²) >= 11 is 0. The van der Waals surface area contributed by atoms with E-state index < -0.39 is 0 Å². The predicted octanol–water partition coefficient (Wildman–Crippen LogP) is 1.59. The summed E-state index contributed by atoms with van der Waals surface area (Å²) in [6, 6.07) is 0.617. The van der Waals surface area contributed by atoms with Crippen molar-refractivity contribution in [3.8, 4) is 0 Å². The standard InChI is InChI=1S/C12H23N5/c1-10(2)17(3)7-5-4-6-14-12-9-15-11(13)8-16-12/h8-10H,4-7H2,1-3H3,(H2,13,15)(H,14,16). The maximum atomic E-state index is 5.46. The van der Waals surface area contributed by atoms with Gasteiger partial charge < -0.3 is 16.0 Å². The van der Waals surface area contributed by atoms with Crippen molar-refractivity contribution >= 4 is 11.6 Å². The van der Waals surface area contributed by atoms with E-state index in [9.17, 15) is 0 Å². The highest BCUT2D eigenvalue weighted by atomic mass is 15.1. The first-order valence-corrected chi connectivity index (χ1v) is 6.11. The van der Waals surface area contributed by atoms with Crippen LogP contribution >= 0.6 is 0 Å². The molecular formula is C12H23N5.